The number of pyridine rings is 1. The third-order valence-corrected chi connectivity index (χ3v) is 4.75. The number of rotatable bonds is 3. The molecule has 0 aliphatic heterocycles. The van der Waals surface area contributed by atoms with Gasteiger partial charge in [0, 0.05) is 12.3 Å². The van der Waals surface area contributed by atoms with E-state index in [4.69, 9.17) is 0 Å². The van der Waals surface area contributed by atoms with Crippen molar-refractivity contribution in [2.45, 2.75) is 44.4 Å². The van der Waals surface area contributed by atoms with Crippen LogP contribution in [0.5, 0.6) is 0 Å². The second-order valence-electron chi connectivity index (χ2n) is 6.49. The number of benzene rings is 1. The van der Waals surface area contributed by atoms with Crippen LogP contribution in [0.25, 0.3) is 0 Å². The minimum atomic E-state index is -4.58. The molecule has 2 aromatic rings. The molecule has 0 fully saturated rings. The van der Waals surface area contributed by atoms with Crippen LogP contribution in [0.4, 0.5) is 13.2 Å². The van der Waals surface area contributed by atoms with Gasteiger partial charge in [0.2, 0.25) is 5.91 Å². The first-order valence-electron chi connectivity index (χ1n) is 8.45. The zero-order valence-electron chi connectivity index (χ0n) is 14.2. The van der Waals surface area contributed by atoms with Crippen LogP contribution in [0.15, 0.2) is 47.4 Å². The van der Waals surface area contributed by atoms with Crippen LogP contribution < -0.4 is 10.9 Å². The molecule has 0 saturated carbocycles. The van der Waals surface area contributed by atoms with Crippen molar-refractivity contribution in [3.63, 3.8) is 0 Å². The average Bonchev–Trinajstić information content (AvgIpc) is 2.61. The molecule has 4 nitrogen and oxygen atoms in total. The van der Waals surface area contributed by atoms with Gasteiger partial charge in [-0.25, -0.2) is 0 Å². The molecule has 7 heteroatoms. The topological polar surface area (TPSA) is 51.1 Å². The van der Waals surface area contributed by atoms with E-state index in [1.807, 2.05) is 24.3 Å². The Labute approximate surface area is 148 Å². The molecule has 1 heterocycles. The lowest BCUT2D eigenvalue weighted by atomic mass is 9.87. The number of nitrogens with one attached hydrogen (secondary N) is 1. The lowest BCUT2D eigenvalue weighted by Crippen LogP contribution is -2.38. The molecule has 138 valence electrons. The van der Waals surface area contributed by atoms with Gasteiger partial charge in [0.05, 0.1) is 11.6 Å². The van der Waals surface area contributed by atoms with Gasteiger partial charge in [0.15, 0.2) is 0 Å². The summed E-state index contributed by atoms with van der Waals surface area (Å²) >= 11 is 0. The molecule has 0 unspecified atom stereocenters. The molecular formula is C19H19F3N2O2. The molecule has 0 radical (unpaired) electrons. The van der Waals surface area contributed by atoms with Crippen LogP contribution in [-0.2, 0) is 17.4 Å². The van der Waals surface area contributed by atoms with Crippen LogP contribution in [0.2, 0.25) is 0 Å². The van der Waals surface area contributed by atoms with Crippen molar-refractivity contribution in [3.05, 3.63) is 69.6 Å². The van der Waals surface area contributed by atoms with Crippen molar-refractivity contribution in [1.82, 2.24) is 9.88 Å². The second kappa shape index (κ2) is 6.97. The fourth-order valence-electron chi connectivity index (χ4n) is 3.30. The summed E-state index contributed by atoms with van der Waals surface area (Å²) in [6, 6.07) is 8.10. The van der Waals surface area contributed by atoms with Gasteiger partial charge in [-0.05, 0) is 43.4 Å². The molecule has 0 saturated heterocycles. The van der Waals surface area contributed by atoms with Crippen molar-refractivity contribution in [1.29, 1.82) is 0 Å². The number of hydrogen-bond acceptors (Lipinski definition) is 2. The van der Waals surface area contributed by atoms with Gasteiger partial charge in [-0.2, -0.15) is 13.2 Å². The molecule has 0 bridgehead atoms. The summed E-state index contributed by atoms with van der Waals surface area (Å²) in [5.41, 5.74) is 0.577. The molecule has 1 aromatic heterocycles. The quantitative estimate of drug-likeness (QED) is 0.904. The SMILES string of the molecule is C[C@@H](C(=O)N[C@H]1CCCc2ccccc21)n1cc(C(F)(F)F)ccc1=O. The first kappa shape index (κ1) is 18.2. The van der Waals surface area contributed by atoms with Gasteiger partial charge in [-0.3, -0.25) is 9.59 Å². The molecular weight excluding hydrogens is 345 g/mol. The van der Waals surface area contributed by atoms with Gasteiger partial charge in [0.1, 0.15) is 6.04 Å². The summed E-state index contributed by atoms with van der Waals surface area (Å²) in [6.07, 6.45) is -1.27. The van der Waals surface area contributed by atoms with Gasteiger partial charge in [-0.15, -0.1) is 0 Å². The predicted octanol–water partition coefficient (Wildman–Crippen LogP) is 3.62. The highest BCUT2D eigenvalue weighted by Crippen LogP contribution is 2.30. The third kappa shape index (κ3) is 3.66. The molecule has 2 atom stereocenters. The molecule has 26 heavy (non-hydrogen) atoms. The van der Waals surface area contributed by atoms with E-state index in [2.05, 4.69) is 5.32 Å². The Bertz CT molecular complexity index is 874. The van der Waals surface area contributed by atoms with Gasteiger partial charge in [0.25, 0.3) is 5.56 Å². The van der Waals surface area contributed by atoms with Crippen LogP contribution in [0, 0.1) is 0 Å². The fraction of sp³-hybridized carbons (Fsp3) is 0.368. The monoisotopic (exact) mass is 364 g/mol. The molecule has 0 spiro atoms. The first-order valence-corrected chi connectivity index (χ1v) is 8.45. The summed E-state index contributed by atoms with van der Waals surface area (Å²) in [5.74, 6) is -0.479. The van der Waals surface area contributed by atoms with Crippen LogP contribution >= 0.6 is 0 Å². The minimum Gasteiger partial charge on any atom is -0.347 e. The number of halogens is 3. The summed E-state index contributed by atoms with van der Waals surface area (Å²) in [7, 11) is 0. The summed E-state index contributed by atoms with van der Waals surface area (Å²) in [6.45, 7) is 1.42. The normalized spacial score (nSPS) is 18.1. The maximum atomic E-state index is 12.9. The molecule has 1 aromatic carbocycles. The number of amides is 1. The standard InChI is InChI=1S/C19H19F3N2O2/c1-12(24-11-14(19(20,21)22)9-10-17(24)25)18(26)23-16-8-4-6-13-5-2-3-7-15(13)16/h2-3,5,7,9-12,16H,4,6,8H2,1H3,(H,23,26)/t12-,16-/m0/s1. The van der Waals surface area contributed by atoms with Crippen molar-refractivity contribution in [2.75, 3.05) is 0 Å². The average molecular weight is 364 g/mol. The maximum absolute atomic E-state index is 12.9. The van der Waals surface area contributed by atoms with Crippen molar-refractivity contribution >= 4 is 5.91 Å². The Balaban J connectivity index is 1.82. The Morgan fingerprint density at radius 2 is 1.96 bits per heavy atom. The fourth-order valence-corrected chi connectivity index (χ4v) is 3.30. The van der Waals surface area contributed by atoms with Gasteiger partial charge >= 0.3 is 6.18 Å². The van der Waals surface area contributed by atoms with E-state index in [1.54, 1.807) is 0 Å². The van der Waals surface area contributed by atoms with Crippen molar-refractivity contribution < 1.29 is 18.0 Å². The molecule has 1 N–H and O–H groups in total. The van der Waals surface area contributed by atoms with Crippen molar-refractivity contribution in [3.8, 4) is 0 Å². The lowest BCUT2D eigenvalue weighted by Gasteiger charge is -2.28. The molecule has 1 aliphatic rings. The van der Waals surface area contributed by atoms with Crippen molar-refractivity contribution in [2.24, 2.45) is 0 Å². The largest absolute Gasteiger partial charge is 0.417 e. The van der Waals surface area contributed by atoms with E-state index < -0.39 is 29.2 Å². The predicted molar refractivity (Wildman–Crippen MR) is 90.7 cm³/mol. The Morgan fingerprint density at radius 3 is 2.69 bits per heavy atom. The zero-order valence-corrected chi connectivity index (χ0v) is 14.2. The van der Waals surface area contributed by atoms with Gasteiger partial charge < -0.3 is 9.88 Å². The zero-order chi connectivity index (χ0) is 18.9. The number of carbonyl (C=O) groups is 1. The van der Waals surface area contributed by atoms with E-state index in [0.29, 0.717) is 6.20 Å². The van der Waals surface area contributed by atoms with E-state index >= 15 is 0 Å². The minimum absolute atomic E-state index is 0.198. The highest BCUT2D eigenvalue weighted by Gasteiger charge is 2.32. The van der Waals surface area contributed by atoms with E-state index in [0.717, 1.165) is 47.1 Å². The Morgan fingerprint density at radius 1 is 1.23 bits per heavy atom. The van der Waals surface area contributed by atoms with E-state index in [-0.39, 0.29) is 6.04 Å². The maximum Gasteiger partial charge on any atom is 0.417 e. The van der Waals surface area contributed by atoms with E-state index in [9.17, 15) is 22.8 Å². The number of nitrogens with zero attached hydrogens (tertiary/aromatic N) is 1. The Hall–Kier alpha value is -2.57. The third-order valence-electron chi connectivity index (χ3n) is 4.75. The first-order chi connectivity index (χ1) is 12.3. The number of alkyl halides is 3. The number of aryl methyl sites for hydroxylation is 1. The number of aromatic nitrogens is 1. The summed E-state index contributed by atoms with van der Waals surface area (Å²) in [5, 5.41) is 2.88. The number of hydrogen-bond donors (Lipinski definition) is 1. The number of carbonyl (C=O) groups excluding carboxylic acids is 1. The lowest BCUT2D eigenvalue weighted by molar-refractivity contribution is -0.138. The number of fused-ring (bicyclic) bond motifs is 1. The van der Waals surface area contributed by atoms with Crippen LogP contribution in [-0.4, -0.2) is 10.5 Å². The highest BCUT2D eigenvalue weighted by atomic mass is 19.4. The second-order valence-corrected chi connectivity index (χ2v) is 6.49. The molecule has 1 amide bonds. The smallest absolute Gasteiger partial charge is 0.347 e. The molecule has 1 aliphatic carbocycles. The highest BCUT2D eigenvalue weighted by molar-refractivity contribution is 5.80. The Kier molecular flexibility index (Phi) is 4.89. The molecule has 3 rings (SSSR count). The summed E-state index contributed by atoms with van der Waals surface area (Å²) < 4.78 is 39.5. The van der Waals surface area contributed by atoms with Crippen LogP contribution in [0.1, 0.15) is 48.5 Å². The van der Waals surface area contributed by atoms with Crippen LogP contribution in [0.3, 0.4) is 0 Å². The van der Waals surface area contributed by atoms with Gasteiger partial charge in [-0.1, -0.05) is 24.3 Å². The summed E-state index contributed by atoms with van der Waals surface area (Å²) in [4.78, 5) is 24.5. The van der Waals surface area contributed by atoms with E-state index in [1.165, 1.54) is 6.92 Å².